The molecule has 0 aromatic heterocycles. The molecule has 0 saturated carbocycles. The van der Waals surface area contributed by atoms with E-state index in [1.54, 1.807) is 6.08 Å². The monoisotopic (exact) mass is 241 g/mol. The first-order valence-corrected chi connectivity index (χ1v) is 5.59. The largest absolute Gasteiger partial charge is 0.358 e. The van der Waals surface area contributed by atoms with Gasteiger partial charge >= 0.3 is 0 Å². The smallest absolute Gasteiger partial charge is 0.229 e. The Balaban J connectivity index is 2.27. The minimum Gasteiger partial charge on any atom is -0.358 e. The van der Waals surface area contributed by atoms with Crippen LogP contribution in [0.25, 0.3) is 6.08 Å². The standard InChI is InChI=1S/C15H12FNO/c16-15(18)8-6-13(7-9-15)14(11-17)10-12-4-2-1-3-5-12/h1-8,10,18H,9H2. The molecular weight excluding hydrogens is 229 g/mol. The molecule has 0 amide bonds. The van der Waals surface area contributed by atoms with E-state index in [1.165, 1.54) is 12.2 Å². The normalized spacial score (nSPS) is 23.4. The molecule has 0 fully saturated rings. The molecule has 1 aliphatic carbocycles. The highest BCUT2D eigenvalue weighted by Crippen LogP contribution is 2.26. The summed E-state index contributed by atoms with van der Waals surface area (Å²) >= 11 is 0. The van der Waals surface area contributed by atoms with Gasteiger partial charge in [0.05, 0.1) is 11.6 Å². The molecule has 1 unspecified atom stereocenters. The maximum absolute atomic E-state index is 13.2. The molecule has 0 aliphatic heterocycles. The van der Waals surface area contributed by atoms with Crippen LogP contribution >= 0.6 is 0 Å². The fourth-order valence-electron chi connectivity index (χ4n) is 1.70. The number of aliphatic hydroxyl groups is 1. The molecule has 18 heavy (non-hydrogen) atoms. The Bertz CT molecular complexity index is 562. The topological polar surface area (TPSA) is 44.0 Å². The molecule has 90 valence electrons. The van der Waals surface area contributed by atoms with Gasteiger partial charge in [-0.1, -0.05) is 42.5 Å². The van der Waals surface area contributed by atoms with Gasteiger partial charge < -0.3 is 5.11 Å². The maximum atomic E-state index is 13.2. The number of hydrogen-bond donors (Lipinski definition) is 1. The molecule has 1 aliphatic rings. The highest BCUT2D eigenvalue weighted by molar-refractivity contribution is 5.66. The molecule has 0 spiro atoms. The lowest BCUT2D eigenvalue weighted by Crippen LogP contribution is -2.19. The summed E-state index contributed by atoms with van der Waals surface area (Å²) in [6.07, 6.45) is 5.63. The van der Waals surface area contributed by atoms with Crippen molar-refractivity contribution in [3.8, 4) is 6.07 Å². The van der Waals surface area contributed by atoms with Crippen molar-refractivity contribution in [3.63, 3.8) is 0 Å². The zero-order chi connectivity index (χ0) is 13.0. The predicted molar refractivity (Wildman–Crippen MR) is 67.9 cm³/mol. The maximum Gasteiger partial charge on any atom is 0.229 e. The molecule has 0 bridgehead atoms. The summed E-state index contributed by atoms with van der Waals surface area (Å²) < 4.78 is 13.2. The van der Waals surface area contributed by atoms with Crippen LogP contribution in [0.5, 0.6) is 0 Å². The summed E-state index contributed by atoms with van der Waals surface area (Å²) in [5, 5.41) is 18.3. The first-order chi connectivity index (χ1) is 8.61. The van der Waals surface area contributed by atoms with Crippen LogP contribution in [-0.2, 0) is 0 Å². The molecule has 0 radical (unpaired) electrons. The zero-order valence-corrected chi connectivity index (χ0v) is 9.68. The molecule has 2 nitrogen and oxygen atoms in total. The quantitative estimate of drug-likeness (QED) is 0.808. The zero-order valence-electron chi connectivity index (χ0n) is 9.68. The fourth-order valence-corrected chi connectivity index (χ4v) is 1.70. The van der Waals surface area contributed by atoms with E-state index in [0.29, 0.717) is 11.1 Å². The van der Waals surface area contributed by atoms with Gasteiger partial charge in [-0.2, -0.15) is 5.26 Å². The van der Waals surface area contributed by atoms with E-state index in [-0.39, 0.29) is 6.42 Å². The van der Waals surface area contributed by atoms with E-state index < -0.39 is 5.85 Å². The van der Waals surface area contributed by atoms with Gasteiger partial charge in [0.15, 0.2) is 0 Å². The lowest BCUT2D eigenvalue weighted by molar-refractivity contribution is -0.0388. The summed E-state index contributed by atoms with van der Waals surface area (Å²) in [4.78, 5) is 0. The summed E-state index contributed by atoms with van der Waals surface area (Å²) in [5.41, 5.74) is 1.99. The molecule has 1 N–H and O–H groups in total. The Kier molecular flexibility index (Phi) is 3.40. The van der Waals surface area contributed by atoms with Gasteiger partial charge in [-0.3, -0.25) is 0 Å². The molecule has 3 heteroatoms. The average molecular weight is 241 g/mol. The lowest BCUT2D eigenvalue weighted by atomic mass is 9.96. The van der Waals surface area contributed by atoms with E-state index in [1.807, 2.05) is 30.3 Å². The van der Waals surface area contributed by atoms with Crippen LogP contribution in [0.15, 0.2) is 59.7 Å². The van der Waals surface area contributed by atoms with Crippen molar-refractivity contribution in [1.29, 1.82) is 5.26 Å². The number of hydrogen-bond acceptors (Lipinski definition) is 2. The third kappa shape index (κ3) is 2.93. The Hall–Kier alpha value is -2.18. The van der Waals surface area contributed by atoms with Crippen molar-refractivity contribution in [1.82, 2.24) is 0 Å². The predicted octanol–water partition coefficient (Wildman–Crippen LogP) is 3.14. The molecular formula is C15H12FNO. The highest BCUT2D eigenvalue weighted by Gasteiger charge is 2.24. The van der Waals surface area contributed by atoms with E-state index >= 15 is 0 Å². The Morgan fingerprint density at radius 3 is 2.67 bits per heavy atom. The molecule has 1 atom stereocenters. The van der Waals surface area contributed by atoms with Gasteiger partial charge in [-0.05, 0) is 23.3 Å². The summed E-state index contributed by atoms with van der Waals surface area (Å²) in [6, 6.07) is 11.5. The van der Waals surface area contributed by atoms with Crippen molar-refractivity contribution < 1.29 is 9.50 Å². The van der Waals surface area contributed by atoms with Gasteiger partial charge in [0.2, 0.25) is 5.85 Å². The van der Waals surface area contributed by atoms with E-state index in [9.17, 15) is 4.39 Å². The fraction of sp³-hybridized carbons (Fsp3) is 0.133. The van der Waals surface area contributed by atoms with Crippen LogP contribution < -0.4 is 0 Å². The second-order valence-electron chi connectivity index (χ2n) is 4.10. The first-order valence-electron chi connectivity index (χ1n) is 5.59. The van der Waals surface area contributed by atoms with E-state index in [4.69, 9.17) is 10.4 Å². The van der Waals surface area contributed by atoms with Gasteiger partial charge in [0, 0.05) is 6.42 Å². The van der Waals surface area contributed by atoms with Crippen LogP contribution in [0.1, 0.15) is 12.0 Å². The summed E-state index contributed by atoms with van der Waals surface area (Å²) in [7, 11) is 0. The van der Waals surface area contributed by atoms with Crippen molar-refractivity contribution in [2.45, 2.75) is 12.3 Å². The minimum absolute atomic E-state index is 0.132. The highest BCUT2D eigenvalue weighted by atomic mass is 19.2. The SMILES string of the molecule is N#CC(=Cc1ccccc1)C1=CCC(O)(F)C=C1. The number of rotatable bonds is 2. The van der Waals surface area contributed by atoms with Crippen LogP contribution in [0, 0.1) is 11.3 Å². The molecule has 1 aromatic rings. The van der Waals surface area contributed by atoms with Gasteiger partial charge in [0.25, 0.3) is 0 Å². The number of allylic oxidation sites excluding steroid dienone is 3. The molecule has 0 heterocycles. The van der Waals surface area contributed by atoms with Crippen molar-refractivity contribution in [2.75, 3.05) is 0 Å². The summed E-state index contributed by atoms with van der Waals surface area (Å²) in [5.74, 6) is -2.29. The van der Waals surface area contributed by atoms with Crippen LogP contribution in [0.4, 0.5) is 4.39 Å². The number of benzene rings is 1. The number of halogens is 1. The first kappa shape index (κ1) is 12.3. The third-order valence-electron chi connectivity index (χ3n) is 2.67. The summed E-state index contributed by atoms with van der Waals surface area (Å²) in [6.45, 7) is 0. The molecule has 1 aromatic carbocycles. The molecule has 0 saturated heterocycles. The Morgan fingerprint density at radius 2 is 2.11 bits per heavy atom. The van der Waals surface area contributed by atoms with Gasteiger partial charge in [-0.25, -0.2) is 4.39 Å². The van der Waals surface area contributed by atoms with Crippen LogP contribution in [-0.4, -0.2) is 11.0 Å². The Labute approximate surface area is 105 Å². The van der Waals surface area contributed by atoms with E-state index in [0.717, 1.165) is 11.6 Å². The van der Waals surface area contributed by atoms with Gasteiger partial charge in [-0.15, -0.1) is 0 Å². The van der Waals surface area contributed by atoms with Crippen molar-refractivity contribution in [3.05, 3.63) is 65.3 Å². The van der Waals surface area contributed by atoms with Gasteiger partial charge in [0.1, 0.15) is 0 Å². The van der Waals surface area contributed by atoms with E-state index in [2.05, 4.69) is 6.07 Å². The second kappa shape index (κ2) is 4.99. The third-order valence-corrected chi connectivity index (χ3v) is 2.67. The number of alkyl halides is 1. The second-order valence-corrected chi connectivity index (χ2v) is 4.10. The number of nitriles is 1. The van der Waals surface area contributed by atoms with Crippen molar-refractivity contribution >= 4 is 6.08 Å². The van der Waals surface area contributed by atoms with Crippen LogP contribution in [0.3, 0.4) is 0 Å². The lowest BCUT2D eigenvalue weighted by Gasteiger charge is -2.17. The molecule has 2 rings (SSSR count). The number of nitrogens with zero attached hydrogens (tertiary/aromatic N) is 1. The Morgan fingerprint density at radius 1 is 1.39 bits per heavy atom. The van der Waals surface area contributed by atoms with Crippen molar-refractivity contribution in [2.24, 2.45) is 0 Å². The minimum atomic E-state index is -2.29. The average Bonchev–Trinajstić information content (AvgIpc) is 2.38. The van der Waals surface area contributed by atoms with Crippen LogP contribution in [0.2, 0.25) is 0 Å².